The van der Waals surface area contributed by atoms with Crippen LogP contribution in [0.1, 0.15) is 6.42 Å². The molecule has 0 radical (unpaired) electrons. The van der Waals surface area contributed by atoms with Crippen LogP contribution in [-0.2, 0) is 9.84 Å². The third kappa shape index (κ3) is 1.05. The van der Waals surface area contributed by atoms with Gasteiger partial charge in [0.15, 0.2) is 9.84 Å². The Kier molecular flexibility index (Phi) is 1.46. The summed E-state index contributed by atoms with van der Waals surface area (Å²) in [7, 11) is -3.72. The molecule has 0 spiro atoms. The molecule has 0 saturated carbocycles. The van der Waals surface area contributed by atoms with Crippen LogP contribution in [0.5, 0.6) is 0 Å². The molecule has 0 amide bonds. The molecule has 0 aromatic heterocycles. The van der Waals surface area contributed by atoms with Crippen LogP contribution in [-0.4, -0.2) is 25.8 Å². The van der Waals surface area contributed by atoms with Gasteiger partial charge >= 0.3 is 0 Å². The molecule has 0 aliphatic carbocycles. The Morgan fingerprint density at radius 1 is 1.33 bits per heavy atom. The first-order chi connectivity index (χ1) is 4.04. The Morgan fingerprint density at radius 3 is 2.00 bits per heavy atom. The number of hydrogen-bond acceptors (Lipinski definition) is 2. The Morgan fingerprint density at radius 2 is 1.89 bits per heavy atom. The van der Waals surface area contributed by atoms with Crippen molar-refractivity contribution in [3.63, 3.8) is 0 Å². The van der Waals surface area contributed by atoms with Gasteiger partial charge in [-0.2, -0.15) is 0 Å². The predicted molar refractivity (Wildman–Crippen MR) is 28.2 cm³/mol. The molecule has 2 unspecified atom stereocenters. The van der Waals surface area contributed by atoms with Gasteiger partial charge in [-0.05, 0) is 6.42 Å². The monoisotopic (exact) mass is 156 g/mol. The molecular weight excluding hydrogens is 150 g/mol. The van der Waals surface area contributed by atoms with Gasteiger partial charge in [0.1, 0.15) is 6.17 Å². The number of alkyl halides is 2. The lowest BCUT2D eigenvalue weighted by atomic mass is 10.3. The van der Waals surface area contributed by atoms with E-state index < -0.39 is 21.5 Å². The minimum Gasteiger partial charge on any atom is -0.243 e. The molecule has 1 aliphatic rings. The van der Waals surface area contributed by atoms with E-state index in [9.17, 15) is 17.2 Å². The van der Waals surface area contributed by atoms with Crippen molar-refractivity contribution in [3.8, 4) is 0 Å². The van der Waals surface area contributed by atoms with Crippen LogP contribution in [0.25, 0.3) is 0 Å². The Bertz CT molecular complexity index is 199. The van der Waals surface area contributed by atoms with Gasteiger partial charge in [0, 0.05) is 0 Å². The van der Waals surface area contributed by atoms with Gasteiger partial charge in [0.25, 0.3) is 0 Å². The summed E-state index contributed by atoms with van der Waals surface area (Å²) in [6.07, 6.45) is -1.99. The third-order valence-electron chi connectivity index (χ3n) is 1.31. The zero-order chi connectivity index (χ0) is 7.07. The topological polar surface area (TPSA) is 34.1 Å². The van der Waals surface area contributed by atoms with Gasteiger partial charge in [0.05, 0.1) is 5.75 Å². The molecule has 0 aromatic carbocycles. The van der Waals surface area contributed by atoms with Crippen LogP contribution in [0.4, 0.5) is 8.78 Å². The zero-order valence-electron chi connectivity index (χ0n) is 4.55. The summed E-state index contributed by atoms with van der Waals surface area (Å²) in [5.41, 5.74) is -2.27. The first kappa shape index (κ1) is 6.92. The molecule has 5 heteroatoms. The van der Waals surface area contributed by atoms with E-state index in [1.165, 1.54) is 0 Å². The zero-order valence-corrected chi connectivity index (χ0v) is 5.37. The highest BCUT2D eigenvalue weighted by molar-refractivity contribution is 7.92. The Balaban J connectivity index is 2.87. The maximum atomic E-state index is 12.1. The van der Waals surface area contributed by atoms with Crippen LogP contribution >= 0.6 is 0 Å². The summed E-state index contributed by atoms with van der Waals surface area (Å²) < 4.78 is 44.9. The first-order valence-electron chi connectivity index (χ1n) is 2.54. The molecule has 9 heavy (non-hydrogen) atoms. The highest BCUT2D eigenvalue weighted by atomic mass is 32.2. The number of rotatable bonds is 0. The number of hydrogen-bond donors (Lipinski definition) is 0. The maximum Gasteiger partial charge on any atom is 0.231 e. The third-order valence-corrected chi connectivity index (χ3v) is 3.09. The lowest BCUT2D eigenvalue weighted by Crippen LogP contribution is -2.16. The summed E-state index contributed by atoms with van der Waals surface area (Å²) in [6, 6.07) is 0. The van der Waals surface area contributed by atoms with E-state index in [0.717, 1.165) is 0 Å². The van der Waals surface area contributed by atoms with Crippen molar-refractivity contribution in [2.24, 2.45) is 0 Å². The molecule has 1 aliphatic heterocycles. The lowest BCUT2D eigenvalue weighted by molar-refractivity contribution is 0.237. The summed E-state index contributed by atoms with van der Waals surface area (Å²) >= 11 is 0. The molecular formula is C4H6F2O2S. The number of sulfone groups is 1. The van der Waals surface area contributed by atoms with Gasteiger partial charge in [0.2, 0.25) is 5.50 Å². The van der Waals surface area contributed by atoms with Crippen molar-refractivity contribution in [3.05, 3.63) is 0 Å². The highest BCUT2D eigenvalue weighted by Gasteiger charge is 2.40. The van der Waals surface area contributed by atoms with Gasteiger partial charge in [-0.25, -0.2) is 17.2 Å². The minimum absolute atomic E-state index is 0.191. The second-order valence-corrected chi connectivity index (χ2v) is 4.21. The van der Waals surface area contributed by atoms with E-state index >= 15 is 0 Å². The minimum atomic E-state index is -3.72. The van der Waals surface area contributed by atoms with E-state index in [-0.39, 0.29) is 12.2 Å². The van der Waals surface area contributed by atoms with Crippen LogP contribution in [0, 0.1) is 0 Å². The van der Waals surface area contributed by atoms with Crippen molar-refractivity contribution in [1.82, 2.24) is 0 Å². The second kappa shape index (κ2) is 1.90. The number of halogens is 2. The molecule has 1 rings (SSSR count). The van der Waals surface area contributed by atoms with Crippen molar-refractivity contribution < 1.29 is 17.2 Å². The van der Waals surface area contributed by atoms with E-state index in [2.05, 4.69) is 0 Å². The molecule has 0 N–H and O–H groups in total. The van der Waals surface area contributed by atoms with Crippen LogP contribution in [0.15, 0.2) is 0 Å². The van der Waals surface area contributed by atoms with Gasteiger partial charge < -0.3 is 0 Å². The summed E-state index contributed by atoms with van der Waals surface area (Å²) in [5.74, 6) is -0.352. The van der Waals surface area contributed by atoms with E-state index in [4.69, 9.17) is 0 Å². The SMILES string of the molecule is O=S1(=O)CCC(F)C1F. The fourth-order valence-corrected chi connectivity index (χ4v) is 2.11. The van der Waals surface area contributed by atoms with Gasteiger partial charge in [-0.15, -0.1) is 0 Å². The summed E-state index contributed by atoms with van der Waals surface area (Å²) in [4.78, 5) is 0. The Labute approximate surface area is 51.8 Å². The average molecular weight is 156 g/mol. The van der Waals surface area contributed by atoms with Crippen molar-refractivity contribution in [2.45, 2.75) is 18.1 Å². The Hall–Kier alpha value is -0.190. The quantitative estimate of drug-likeness (QED) is 0.510. The molecule has 0 aromatic rings. The second-order valence-electron chi connectivity index (χ2n) is 2.02. The van der Waals surface area contributed by atoms with E-state index in [0.29, 0.717) is 0 Å². The molecule has 1 fully saturated rings. The maximum absolute atomic E-state index is 12.1. The van der Waals surface area contributed by atoms with Crippen molar-refractivity contribution >= 4 is 9.84 Å². The molecule has 2 nitrogen and oxygen atoms in total. The molecule has 1 heterocycles. The standard InChI is InChI=1S/C4H6F2O2S/c5-3-1-2-9(7,8)4(3)6/h3-4H,1-2H2. The first-order valence-corrected chi connectivity index (χ1v) is 4.25. The van der Waals surface area contributed by atoms with Crippen LogP contribution in [0.3, 0.4) is 0 Å². The molecule has 2 atom stereocenters. The molecule has 54 valence electrons. The van der Waals surface area contributed by atoms with E-state index in [1.807, 2.05) is 0 Å². The fraction of sp³-hybridized carbons (Fsp3) is 1.00. The smallest absolute Gasteiger partial charge is 0.231 e. The normalized spacial score (nSPS) is 41.1. The lowest BCUT2D eigenvalue weighted by Gasteiger charge is -1.97. The van der Waals surface area contributed by atoms with Gasteiger partial charge in [-0.1, -0.05) is 0 Å². The van der Waals surface area contributed by atoms with Crippen molar-refractivity contribution in [2.75, 3.05) is 5.75 Å². The van der Waals surface area contributed by atoms with Crippen LogP contribution < -0.4 is 0 Å². The molecule has 1 saturated heterocycles. The highest BCUT2D eigenvalue weighted by Crippen LogP contribution is 2.23. The van der Waals surface area contributed by atoms with Gasteiger partial charge in [-0.3, -0.25) is 0 Å². The average Bonchev–Trinajstić information content (AvgIpc) is 1.97. The summed E-state index contributed by atoms with van der Waals surface area (Å²) in [5, 5.41) is 0. The van der Waals surface area contributed by atoms with Crippen molar-refractivity contribution in [1.29, 1.82) is 0 Å². The van der Waals surface area contributed by atoms with Crippen LogP contribution in [0.2, 0.25) is 0 Å². The molecule has 0 bridgehead atoms. The fourth-order valence-electron chi connectivity index (χ4n) is 0.745. The largest absolute Gasteiger partial charge is 0.243 e. The van der Waals surface area contributed by atoms with E-state index in [1.54, 1.807) is 0 Å². The predicted octanol–water partition coefficient (Wildman–Crippen LogP) is 0.439. The summed E-state index contributed by atoms with van der Waals surface area (Å²) in [6.45, 7) is 0.